The number of benzene rings is 1. The maximum atomic E-state index is 13.9. The summed E-state index contributed by atoms with van der Waals surface area (Å²) in [6.45, 7) is 10.9. The lowest BCUT2D eigenvalue weighted by atomic mass is 9.50. The average molecular weight is 571 g/mol. The molecule has 224 valence electrons. The van der Waals surface area contributed by atoms with Gasteiger partial charge in [0.2, 0.25) is 0 Å². The zero-order valence-electron chi connectivity index (χ0n) is 25.6. The van der Waals surface area contributed by atoms with Gasteiger partial charge in [0, 0.05) is 0 Å². The Hall–Kier alpha value is -1.17. The van der Waals surface area contributed by atoms with E-state index in [0.717, 1.165) is 43.9 Å². The zero-order chi connectivity index (χ0) is 28.9. The number of rotatable bonds is 9. The summed E-state index contributed by atoms with van der Waals surface area (Å²) in [6.07, 6.45) is 12.7. The van der Waals surface area contributed by atoms with Crippen LogP contribution in [0.3, 0.4) is 0 Å². The highest BCUT2D eigenvalue weighted by Crippen LogP contribution is 2.65. The molecule has 0 aliphatic heterocycles. The highest BCUT2D eigenvalue weighted by molar-refractivity contribution is 7.92. The Morgan fingerprint density at radius 2 is 1.70 bits per heavy atom. The quantitative estimate of drug-likeness (QED) is 0.300. The summed E-state index contributed by atoms with van der Waals surface area (Å²) >= 11 is 0. The van der Waals surface area contributed by atoms with Gasteiger partial charge in [0.25, 0.3) is 0 Å². The van der Waals surface area contributed by atoms with Gasteiger partial charge in [0.15, 0.2) is 9.84 Å². The Kier molecular flexibility index (Phi) is 8.70. The SMILES string of the molecule is CC[C@]1(O)CC[C@H]2C(=CC[C@@H]3[C@@H]2CC[C@]2(C)[C@@H]([C@H](C)CC(C[C@H](O)C(C)C)S(=O)(=O)c4ccccc4)CC[C@@H]32)C1. The van der Waals surface area contributed by atoms with E-state index in [1.807, 2.05) is 19.9 Å². The van der Waals surface area contributed by atoms with Crippen LogP contribution >= 0.6 is 0 Å². The van der Waals surface area contributed by atoms with E-state index < -0.39 is 26.8 Å². The van der Waals surface area contributed by atoms with Crippen LogP contribution < -0.4 is 0 Å². The van der Waals surface area contributed by atoms with Crippen molar-refractivity contribution in [3.63, 3.8) is 0 Å². The van der Waals surface area contributed by atoms with E-state index in [-0.39, 0.29) is 11.3 Å². The second-order valence-corrected chi connectivity index (χ2v) is 17.0. The van der Waals surface area contributed by atoms with Gasteiger partial charge in [-0.25, -0.2) is 8.42 Å². The Bertz CT molecular complexity index is 1160. The number of allylic oxidation sites excluding steroid dienone is 1. The summed E-state index contributed by atoms with van der Waals surface area (Å²) in [5.41, 5.74) is 1.30. The number of aliphatic hydroxyl groups is 2. The molecule has 0 spiro atoms. The van der Waals surface area contributed by atoms with Crippen LogP contribution in [0.2, 0.25) is 0 Å². The van der Waals surface area contributed by atoms with Crippen LogP contribution in [-0.4, -0.2) is 35.6 Å². The van der Waals surface area contributed by atoms with Gasteiger partial charge in [-0.2, -0.15) is 0 Å². The fourth-order valence-electron chi connectivity index (χ4n) is 9.91. The third kappa shape index (κ3) is 5.49. The maximum absolute atomic E-state index is 13.9. The minimum Gasteiger partial charge on any atom is -0.393 e. The van der Waals surface area contributed by atoms with E-state index in [0.29, 0.717) is 41.4 Å². The zero-order valence-corrected chi connectivity index (χ0v) is 26.4. The van der Waals surface area contributed by atoms with Gasteiger partial charge in [0.1, 0.15) is 0 Å². The molecule has 2 N–H and O–H groups in total. The fourth-order valence-corrected chi connectivity index (χ4v) is 11.8. The second kappa shape index (κ2) is 11.5. The first kappa shape index (κ1) is 30.3. The molecule has 0 bridgehead atoms. The highest BCUT2D eigenvalue weighted by Gasteiger charge is 2.57. The molecule has 1 aromatic rings. The molecule has 10 atom stereocenters. The van der Waals surface area contributed by atoms with E-state index in [1.165, 1.54) is 25.7 Å². The van der Waals surface area contributed by atoms with Crippen molar-refractivity contribution in [2.75, 3.05) is 0 Å². The van der Waals surface area contributed by atoms with Crippen molar-refractivity contribution in [1.29, 1.82) is 0 Å². The first-order valence-corrected chi connectivity index (χ1v) is 17.8. The van der Waals surface area contributed by atoms with Crippen LogP contribution in [0.15, 0.2) is 46.9 Å². The van der Waals surface area contributed by atoms with Crippen molar-refractivity contribution in [3.8, 4) is 0 Å². The molecule has 4 nitrogen and oxygen atoms in total. The normalized spacial score (nSPS) is 38.1. The summed E-state index contributed by atoms with van der Waals surface area (Å²) in [5.74, 6) is 3.68. The molecule has 3 fully saturated rings. The maximum Gasteiger partial charge on any atom is 0.181 e. The Morgan fingerprint density at radius 1 is 0.975 bits per heavy atom. The molecule has 0 heterocycles. The van der Waals surface area contributed by atoms with E-state index in [9.17, 15) is 18.6 Å². The molecule has 1 aromatic carbocycles. The number of hydrogen-bond acceptors (Lipinski definition) is 4. The Balaban J connectivity index is 1.34. The van der Waals surface area contributed by atoms with Crippen molar-refractivity contribution in [2.24, 2.45) is 46.8 Å². The molecule has 0 aromatic heterocycles. The molecule has 5 rings (SSSR count). The summed E-state index contributed by atoms with van der Waals surface area (Å²) in [6, 6.07) is 8.87. The summed E-state index contributed by atoms with van der Waals surface area (Å²) in [7, 11) is -3.54. The Labute approximate surface area is 244 Å². The minimum atomic E-state index is -3.54. The third-order valence-electron chi connectivity index (χ3n) is 12.4. The fraction of sp³-hybridized carbons (Fsp3) is 0.771. The van der Waals surface area contributed by atoms with E-state index in [4.69, 9.17) is 0 Å². The van der Waals surface area contributed by atoms with Crippen LogP contribution in [0.25, 0.3) is 0 Å². The lowest BCUT2D eigenvalue weighted by Crippen LogP contribution is -2.48. The summed E-state index contributed by atoms with van der Waals surface area (Å²) in [5, 5.41) is 21.2. The number of fused-ring (bicyclic) bond motifs is 5. The molecule has 5 heteroatoms. The smallest absolute Gasteiger partial charge is 0.181 e. The molecular weight excluding hydrogens is 516 g/mol. The predicted molar refractivity (Wildman–Crippen MR) is 162 cm³/mol. The third-order valence-corrected chi connectivity index (χ3v) is 14.6. The topological polar surface area (TPSA) is 74.6 Å². The van der Waals surface area contributed by atoms with Crippen LogP contribution in [0.1, 0.15) is 105 Å². The molecule has 0 radical (unpaired) electrons. The lowest BCUT2D eigenvalue weighted by Gasteiger charge is -2.55. The summed E-state index contributed by atoms with van der Waals surface area (Å²) < 4.78 is 27.7. The highest BCUT2D eigenvalue weighted by atomic mass is 32.2. The molecule has 4 aliphatic carbocycles. The van der Waals surface area contributed by atoms with Gasteiger partial charge in [-0.3, -0.25) is 0 Å². The number of hydrogen-bond donors (Lipinski definition) is 2. The van der Waals surface area contributed by atoms with Crippen LogP contribution in [0.4, 0.5) is 0 Å². The summed E-state index contributed by atoms with van der Waals surface area (Å²) in [4.78, 5) is 0.381. The molecule has 0 amide bonds. The van der Waals surface area contributed by atoms with Gasteiger partial charge in [-0.15, -0.1) is 0 Å². The molecule has 4 aliphatic rings. The molecule has 0 saturated heterocycles. The van der Waals surface area contributed by atoms with Crippen LogP contribution in [-0.2, 0) is 9.84 Å². The lowest BCUT2D eigenvalue weighted by molar-refractivity contribution is -0.0461. The van der Waals surface area contributed by atoms with Gasteiger partial charge in [0.05, 0.1) is 21.9 Å². The van der Waals surface area contributed by atoms with Gasteiger partial charge in [-0.05, 0) is 130 Å². The van der Waals surface area contributed by atoms with Crippen molar-refractivity contribution >= 4 is 9.84 Å². The van der Waals surface area contributed by atoms with E-state index >= 15 is 0 Å². The van der Waals surface area contributed by atoms with Gasteiger partial charge in [-0.1, -0.05) is 64.5 Å². The first-order chi connectivity index (χ1) is 18.9. The molecule has 3 saturated carbocycles. The standard InChI is InChI=1S/C35H54O4S/c1-6-35(37)19-17-28-25(22-35)12-13-30-29(28)16-18-34(5)31(14-15-32(30)34)24(4)20-27(21-33(36)23(2)3)40(38,39)26-10-8-7-9-11-26/h7-12,23-24,27-33,36-37H,6,13-22H2,1-5H3/t24-,27?,28+,29-,30-,31-,32+,33+,34-,35+/m1/s1. The van der Waals surface area contributed by atoms with Crippen LogP contribution in [0, 0.1) is 46.8 Å². The largest absolute Gasteiger partial charge is 0.393 e. The molecule has 1 unspecified atom stereocenters. The van der Waals surface area contributed by atoms with Crippen LogP contribution in [0.5, 0.6) is 0 Å². The van der Waals surface area contributed by atoms with Crippen molar-refractivity contribution in [1.82, 2.24) is 0 Å². The first-order valence-electron chi connectivity index (χ1n) is 16.3. The molecular formula is C35H54O4S. The Morgan fingerprint density at radius 3 is 2.38 bits per heavy atom. The van der Waals surface area contributed by atoms with Crippen molar-refractivity contribution in [2.45, 2.75) is 127 Å². The number of sulfone groups is 1. The van der Waals surface area contributed by atoms with E-state index in [1.54, 1.807) is 29.8 Å². The number of aliphatic hydroxyl groups excluding tert-OH is 1. The minimum absolute atomic E-state index is 0.0322. The van der Waals surface area contributed by atoms with E-state index in [2.05, 4.69) is 26.8 Å². The predicted octanol–water partition coefficient (Wildman–Crippen LogP) is 7.59. The van der Waals surface area contributed by atoms with Gasteiger partial charge < -0.3 is 10.2 Å². The monoisotopic (exact) mass is 570 g/mol. The van der Waals surface area contributed by atoms with Crippen molar-refractivity contribution in [3.05, 3.63) is 42.0 Å². The molecule has 40 heavy (non-hydrogen) atoms. The van der Waals surface area contributed by atoms with Crippen molar-refractivity contribution < 1.29 is 18.6 Å². The van der Waals surface area contributed by atoms with Gasteiger partial charge >= 0.3 is 0 Å². The second-order valence-electron chi connectivity index (χ2n) is 14.8. The average Bonchev–Trinajstić information content (AvgIpc) is 3.30.